The molecule has 0 amide bonds. The van der Waals surface area contributed by atoms with Crippen molar-refractivity contribution in [1.29, 1.82) is 0 Å². The molecule has 0 bridgehead atoms. The summed E-state index contributed by atoms with van der Waals surface area (Å²) in [4.78, 5) is 11.2. The van der Waals surface area contributed by atoms with E-state index in [1.165, 1.54) is 23.4 Å². The van der Waals surface area contributed by atoms with E-state index >= 15 is 0 Å². The Balaban J connectivity index is 2.36. The Morgan fingerprint density at radius 3 is 2.21 bits per heavy atom. The smallest absolute Gasteiger partial charge is 0.243 e. The monoisotopic (exact) mass is 346 g/mol. The number of carboxylic acids is 1. The Morgan fingerprint density at radius 1 is 1.08 bits per heavy atom. The van der Waals surface area contributed by atoms with E-state index in [2.05, 4.69) is 0 Å². The van der Waals surface area contributed by atoms with E-state index in [0.29, 0.717) is 0 Å². The van der Waals surface area contributed by atoms with Crippen molar-refractivity contribution in [2.75, 3.05) is 6.54 Å². The molecule has 2 aromatic carbocycles. The van der Waals surface area contributed by atoms with Crippen LogP contribution in [0.5, 0.6) is 0 Å². The Morgan fingerprint density at radius 2 is 1.67 bits per heavy atom. The van der Waals surface area contributed by atoms with Gasteiger partial charge in [-0.15, -0.1) is 0 Å². The number of aryl methyl sites for hydroxylation is 1. The molecule has 1 atom stereocenters. The number of carbonyl (C=O) groups is 1. The van der Waals surface area contributed by atoms with Crippen LogP contribution in [0.1, 0.15) is 18.1 Å². The summed E-state index contributed by atoms with van der Waals surface area (Å²) in [5, 5.41) is 11.1. The van der Waals surface area contributed by atoms with Gasteiger partial charge in [-0.1, -0.05) is 55.0 Å². The third-order valence-corrected chi connectivity index (χ3v) is 5.57. The summed E-state index contributed by atoms with van der Waals surface area (Å²) < 4.78 is 27.0. The van der Waals surface area contributed by atoms with Gasteiger partial charge in [0.25, 0.3) is 0 Å². The summed E-state index contributed by atoms with van der Waals surface area (Å²) in [7, 11) is -3.80. The SMILES string of the molecule is Cc1ccc(S(=O)(=O)N(Cc2ccccc2)C[C@H](C)C(=O)[O-])cc1. The van der Waals surface area contributed by atoms with Gasteiger partial charge in [0.15, 0.2) is 0 Å². The molecule has 2 aromatic rings. The average Bonchev–Trinajstić information content (AvgIpc) is 2.55. The molecule has 0 fully saturated rings. The Hall–Kier alpha value is -2.18. The number of sulfonamides is 1. The fourth-order valence-electron chi connectivity index (χ4n) is 2.27. The maximum atomic E-state index is 12.9. The van der Waals surface area contributed by atoms with Crippen molar-refractivity contribution in [3.8, 4) is 0 Å². The Labute approximate surface area is 142 Å². The maximum absolute atomic E-state index is 12.9. The van der Waals surface area contributed by atoms with Crippen molar-refractivity contribution in [3.63, 3.8) is 0 Å². The van der Waals surface area contributed by atoms with Gasteiger partial charge < -0.3 is 9.90 Å². The minimum absolute atomic E-state index is 0.106. The van der Waals surface area contributed by atoms with Crippen LogP contribution in [0.4, 0.5) is 0 Å². The first-order valence-corrected chi connectivity index (χ1v) is 9.06. The van der Waals surface area contributed by atoms with Crippen molar-refractivity contribution in [3.05, 3.63) is 65.7 Å². The number of carboxylic acid groups (broad SMARTS) is 1. The zero-order valence-corrected chi connectivity index (χ0v) is 14.5. The summed E-state index contributed by atoms with van der Waals surface area (Å²) in [5.41, 5.74) is 1.74. The lowest BCUT2D eigenvalue weighted by Gasteiger charge is -2.26. The molecule has 0 saturated carbocycles. The molecule has 24 heavy (non-hydrogen) atoms. The highest BCUT2D eigenvalue weighted by atomic mass is 32.2. The third-order valence-electron chi connectivity index (χ3n) is 3.74. The van der Waals surface area contributed by atoms with Crippen LogP contribution < -0.4 is 5.11 Å². The minimum atomic E-state index is -3.80. The number of benzene rings is 2. The van der Waals surface area contributed by atoms with Gasteiger partial charge >= 0.3 is 0 Å². The van der Waals surface area contributed by atoms with Crippen molar-refractivity contribution in [2.45, 2.75) is 25.3 Å². The van der Waals surface area contributed by atoms with Gasteiger partial charge in [0.1, 0.15) is 0 Å². The van der Waals surface area contributed by atoms with Crippen molar-refractivity contribution >= 4 is 16.0 Å². The second-order valence-electron chi connectivity index (χ2n) is 5.82. The largest absolute Gasteiger partial charge is 0.550 e. The van der Waals surface area contributed by atoms with Crippen LogP contribution in [-0.2, 0) is 21.4 Å². The zero-order valence-electron chi connectivity index (χ0n) is 13.7. The fourth-order valence-corrected chi connectivity index (χ4v) is 3.79. The minimum Gasteiger partial charge on any atom is -0.550 e. The molecule has 0 radical (unpaired) electrons. The van der Waals surface area contributed by atoms with Crippen molar-refractivity contribution < 1.29 is 18.3 Å². The van der Waals surface area contributed by atoms with Crippen LogP contribution in [0.3, 0.4) is 0 Å². The molecule has 0 N–H and O–H groups in total. The Bertz CT molecular complexity index is 786. The first-order chi connectivity index (χ1) is 11.3. The first kappa shape index (κ1) is 18.2. The van der Waals surface area contributed by atoms with Crippen LogP contribution in [0, 0.1) is 12.8 Å². The highest BCUT2D eigenvalue weighted by Gasteiger charge is 2.26. The molecule has 6 heteroatoms. The summed E-state index contributed by atoms with van der Waals surface area (Å²) in [5.74, 6) is -2.18. The van der Waals surface area contributed by atoms with Gasteiger partial charge in [0.05, 0.1) is 4.90 Å². The molecule has 0 spiro atoms. The van der Waals surface area contributed by atoms with Crippen molar-refractivity contribution in [2.24, 2.45) is 5.92 Å². The predicted octanol–water partition coefficient (Wildman–Crippen LogP) is 1.57. The van der Waals surface area contributed by atoms with E-state index in [-0.39, 0.29) is 18.0 Å². The van der Waals surface area contributed by atoms with E-state index < -0.39 is 21.9 Å². The summed E-state index contributed by atoms with van der Waals surface area (Å²) >= 11 is 0. The number of rotatable bonds is 7. The molecular weight excluding hydrogens is 326 g/mol. The van der Waals surface area contributed by atoms with Crippen LogP contribution in [0.25, 0.3) is 0 Å². The highest BCUT2D eigenvalue weighted by Crippen LogP contribution is 2.20. The van der Waals surface area contributed by atoms with E-state index in [9.17, 15) is 18.3 Å². The van der Waals surface area contributed by atoms with Crippen LogP contribution in [0.15, 0.2) is 59.5 Å². The number of hydrogen-bond acceptors (Lipinski definition) is 4. The van der Waals surface area contributed by atoms with Gasteiger partial charge in [-0.2, -0.15) is 4.31 Å². The molecule has 0 heterocycles. The highest BCUT2D eigenvalue weighted by molar-refractivity contribution is 7.89. The van der Waals surface area contributed by atoms with Gasteiger partial charge in [0, 0.05) is 25.0 Å². The van der Waals surface area contributed by atoms with E-state index in [0.717, 1.165) is 11.1 Å². The van der Waals surface area contributed by atoms with Crippen molar-refractivity contribution in [1.82, 2.24) is 4.31 Å². The predicted molar refractivity (Wildman–Crippen MR) is 89.4 cm³/mol. The average molecular weight is 346 g/mol. The Kier molecular flexibility index (Phi) is 5.75. The number of hydrogen-bond donors (Lipinski definition) is 0. The van der Waals surface area contributed by atoms with Crippen LogP contribution in [-0.4, -0.2) is 25.2 Å². The molecule has 0 aromatic heterocycles. The van der Waals surface area contributed by atoms with E-state index in [1.54, 1.807) is 24.3 Å². The molecule has 0 aliphatic carbocycles. The second-order valence-corrected chi connectivity index (χ2v) is 7.75. The topological polar surface area (TPSA) is 77.5 Å². The second kappa shape index (κ2) is 7.59. The quantitative estimate of drug-likeness (QED) is 0.762. The molecule has 128 valence electrons. The van der Waals surface area contributed by atoms with Crippen LogP contribution in [0.2, 0.25) is 0 Å². The third kappa shape index (κ3) is 4.43. The summed E-state index contributed by atoms with van der Waals surface area (Å²) in [6, 6.07) is 15.6. The number of nitrogens with zero attached hydrogens (tertiary/aromatic N) is 1. The maximum Gasteiger partial charge on any atom is 0.243 e. The van der Waals surface area contributed by atoms with Gasteiger partial charge in [-0.25, -0.2) is 8.42 Å². The lowest BCUT2D eigenvalue weighted by atomic mass is 10.1. The molecule has 0 saturated heterocycles. The van der Waals surface area contributed by atoms with E-state index in [4.69, 9.17) is 0 Å². The van der Waals surface area contributed by atoms with Gasteiger partial charge in [0.2, 0.25) is 10.0 Å². The molecule has 0 aliphatic rings. The number of aliphatic carboxylic acids is 1. The fraction of sp³-hybridized carbons (Fsp3) is 0.278. The summed E-state index contributed by atoms with van der Waals surface area (Å²) in [6.45, 7) is 3.27. The normalized spacial score (nSPS) is 13.0. The molecule has 5 nitrogen and oxygen atoms in total. The van der Waals surface area contributed by atoms with Gasteiger partial charge in [-0.05, 0) is 24.6 Å². The van der Waals surface area contributed by atoms with E-state index in [1.807, 2.05) is 25.1 Å². The molecule has 2 rings (SSSR count). The lowest BCUT2D eigenvalue weighted by molar-refractivity contribution is -0.311. The number of carbonyl (C=O) groups excluding carboxylic acids is 1. The zero-order chi connectivity index (χ0) is 17.7. The van der Waals surface area contributed by atoms with Crippen LogP contribution >= 0.6 is 0 Å². The molecule has 0 unspecified atom stereocenters. The molecule has 0 aliphatic heterocycles. The van der Waals surface area contributed by atoms with Gasteiger partial charge in [-0.3, -0.25) is 0 Å². The first-order valence-electron chi connectivity index (χ1n) is 7.62. The lowest BCUT2D eigenvalue weighted by Crippen LogP contribution is -2.40. The standard InChI is InChI=1S/C18H21NO4S/c1-14-8-10-17(11-9-14)24(22,23)19(12-15(2)18(20)21)13-16-6-4-3-5-7-16/h3-11,15H,12-13H2,1-2H3,(H,20,21)/p-1/t15-/m0/s1. The molecular formula is C18H20NO4S-. The summed E-state index contributed by atoms with van der Waals surface area (Å²) in [6.07, 6.45) is 0.